The molecule has 2 atom stereocenters. The highest BCUT2D eigenvalue weighted by molar-refractivity contribution is 6.23. The third-order valence-electron chi connectivity index (χ3n) is 11.7. The quantitative estimate of drug-likeness (QED) is 0.167. The van der Waals surface area contributed by atoms with Gasteiger partial charge in [-0.2, -0.15) is 5.10 Å². The summed E-state index contributed by atoms with van der Waals surface area (Å²) in [6.07, 6.45) is 7.86. The van der Waals surface area contributed by atoms with Crippen LogP contribution >= 0.6 is 0 Å². The highest BCUT2D eigenvalue weighted by Crippen LogP contribution is 2.38. The van der Waals surface area contributed by atoms with Crippen LogP contribution in [0.15, 0.2) is 79.1 Å². The van der Waals surface area contributed by atoms with Gasteiger partial charge in [0.05, 0.1) is 22.6 Å². The fraction of sp³-hybridized carbons (Fsp3) is 0.357. The minimum absolute atomic E-state index is 0.0918. The molecule has 286 valence electrons. The number of amides is 4. The van der Waals surface area contributed by atoms with Crippen LogP contribution in [0, 0.1) is 5.92 Å². The van der Waals surface area contributed by atoms with Crippen LogP contribution in [0.5, 0.6) is 11.5 Å². The van der Waals surface area contributed by atoms with Gasteiger partial charge >= 0.3 is 0 Å². The van der Waals surface area contributed by atoms with Gasteiger partial charge in [-0.05, 0) is 112 Å². The maximum atomic E-state index is 13.4. The lowest BCUT2D eigenvalue weighted by molar-refractivity contribution is -0.136. The summed E-state index contributed by atoms with van der Waals surface area (Å²) in [5.74, 6) is 0.481. The summed E-state index contributed by atoms with van der Waals surface area (Å²) in [4.78, 5) is 63.0. The summed E-state index contributed by atoms with van der Waals surface area (Å²) >= 11 is 0. The molecule has 14 heteroatoms. The Kier molecular flexibility index (Phi) is 9.41. The summed E-state index contributed by atoms with van der Waals surface area (Å²) in [5.41, 5.74) is 10.4. The van der Waals surface area contributed by atoms with Crippen LogP contribution in [-0.2, 0) is 9.59 Å². The molecular formula is C42H43N9O5. The van der Waals surface area contributed by atoms with Crippen molar-refractivity contribution in [2.24, 2.45) is 5.92 Å². The van der Waals surface area contributed by atoms with E-state index in [1.807, 2.05) is 60.7 Å². The zero-order valence-electron chi connectivity index (χ0n) is 30.9. The van der Waals surface area contributed by atoms with E-state index in [0.29, 0.717) is 22.9 Å². The van der Waals surface area contributed by atoms with Crippen LogP contribution < -0.4 is 26.0 Å². The minimum atomic E-state index is -0.976. The molecule has 5 heterocycles. The third-order valence-corrected chi connectivity index (χ3v) is 11.7. The zero-order chi connectivity index (χ0) is 38.3. The first-order chi connectivity index (χ1) is 27.3. The topological polar surface area (TPSA) is 178 Å². The summed E-state index contributed by atoms with van der Waals surface area (Å²) in [6, 6.07) is 22.4. The molecule has 0 radical (unpaired) electrons. The van der Waals surface area contributed by atoms with Gasteiger partial charge in [0.2, 0.25) is 11.8 Å². The summed E-state index contributed by atoms with van der Waals surface area (Å²) in [5, 5.41) is 12.0. The number of nitrogens with one attached hydrogen (secondary N) is 2. The van der Waals surface area contributed by atoms with E-state index < -0.39 is 29.7 Å². The minimum Gasteiger partial charge on any atom is -0.457 e. The number of benzene rings is 3. The molecule has 2 aromatic heterocycles. The number of imide groups is 2. The van der Waals surface area contributed by atoms with Gasteiger partial charge in [-0.15, -0.1) is 0 Å². The molecule has 4 N–H and O–H groups in total. The van der Waals surface area contributed by atoms with Gasteiger partial charge in [0.15, 0.2) is 5.65 Å². The predicted molar refractivity (Wildman–Crippen MR) is 209 cm³/mol. The monoisotopic (exact) mass is 753 g/mol. The maximum Gasteiger partial charge on any atom is 0.262 e. The number of fused-ring (bicyclic) bond motifs is 2. The number of carbonyl (C=O) groups excluding carboxylic acids is 4. The number of nitrogens with zero attached hydrogens (tertiary/aromatic N) is 6. The molecule has 0 bridgehead atoms. The second-order valence-electron chi connectivity index (χ2n) is 15.2. The van der Waals surface area contributed by atoms with E-state index in [4.69, 9.17) is 15.6 Å². The molecule has 0 spiro atoms. The largest absolute Gasteiger partial charge is 0.457 e. The van der Waals surface area contributed by atoms with Gasteiger partial charge < -0.3 is 20.7 Å². The molecular weight excluding hydrogens is 711 g/mol. The zero-order valence-corrected chi connectivity index (χ0v) is 30.9. The lowest BCUT2D eigenvalue weighted by atomic mass is 9.85. The fourth-order valence-electron chi connectivity index (χ4n) is 8.72. The lowest BCUT2D eigenvalue weighted by Crippen LogP contribution is -2.54. The molecule has 1 aliphatic carbocycles. The normalized spacial score (nSPS) is 22.7. The Morgan fingerprint density at radius 2 is 1.61 bits per heavy atom. The Balaban J connectivity index is 0.817. The highest BCUT2D eigenvalue weighted by atomic mass is 16.5. The van der Waals surface area contributed by atoms with Crippen molar-refractivity contribution in [1.29, 1.82) is 0 Å². The van der Waals surface area contributed by atoms with Crippen LogP contribution in [0.1, 0.15) is 78.1 Å². The third kappa shape index (κ3) is 6.74. The SMILES string of the molecule is Nc1ncnc2c1c(-c1ccc(Oc3ccccc3)cc1)nn2C1CCC(CN[C@H]2CCCN(c3ccc4c(c3)C(=O)N(C3CCC(=O)NC3=O)C4=O)C2)CC1. The molecule has 14 nitrogen and oxygen atoms in total. The number of aromatic nitrogens is 4. The number of hydrogen-bond acceptors (Lipinski definition) is 11. The Hall–Kier alpha value is -6.15. The molecule has 3 aliphatic heterocycles. The van der Waals surface area contributed by atoms with Gasteiger partial charge in [-0.25, -0.2) is 14.6 Å². The average Bonchev–Trinajstić information content (AvgIpc) is 3.73. The number of nitrogen functional groups attached to an aromatic ring is 1. The second-order valence-corrected chi connectivity index (χ2v) is 15.2. The molecule has 3 aromatic carbocycles. The van der Waals surface area contributed by atoms with E-state index in [9.17, 15) is 19.2 Å². The first-order valence-corrected chi connectivity index (χ1v) is 19.5. The number of rotatable bonds is 9. The van der Waals surface area contributed by atoms with Crippen molar-refractivity contribution in [3.05, 3.63) is 90.3 Å². The summed E-state index contributed by atoms with van der Waals surface area (Å²) in [7, 11) is 0. The van der Waals surface area contributed by atoms with Crippen molar-refractivity contribution in [2.75, 3.05) is 30.3 Å². The van der Waals surface area contributed by atoms with Gasteiger partial charge in [0.25, 0.3) is 11.8 Å². The van der Waals surface area contributed by atoms with Crippen LogP contribution in [0.3, 0.4) is 0 Å². The number of piperidine rings is 2. The van der Waals surface area contributed by atoms with Crippen LogP contribution in [-0.4, -0.2) is 80.0 Å². The Morgan fingerprint density at radius 1 is 0.839 bits per heavy atom. The number of anilines is 2. The molecule has 5 aromatic rings. The summed E-state index contributed by atoms with van der Waals surface area (Å²) < 4.78 is 8.05. The second kappa shape index (κ2) is 14.8. The van der Waals surface area contributed by atoms with Crippen LogP contribution in [0.25, 0.3) is 22.3 Å². The Labute approximate surface area is 323 Å². The first-order valence-electron chi connectivity index (χ1n) is 19.5. The van der Waals surface area contributed by atoms with Crippen molar-refractivity contribution < 1.29 is 23.9 Å². The van der Waals surface area contributed by atoms with Crippen molar-refractivity contribution in [3.8, 4) is 22.8 Å². The predicted octanol–water partition coefficient (Wildman–Crippen LogP) is 5.26. The van der Waals surface area contributed by atoms with Crippen LogP contribution in [0.4, 0.5) is 11.5 Å². The Morgan fingerprint density at radius 3 is 2.39 bits per heavy atom. The molecule has 1 saturated carbocycles. The smallest absolute Gasteiger partial charge is 0.262 e. The number of nitrogens with two attached hydrogens (primary N) is 1. The van der Waals surface area contributed by atoms with Crippen molar-refractivity contribution >= 4 is 46.2 Å². The fourth-order valence-corrected chi connectivity index (χ4v) is 8.72. The first kappa shape index (κ1) is 35.5. The molecule has 56 heavy (non-hydrogen) atoms. The highest BCUT2D eigenvalue weighted by Gasteiger charge is 2.45. The number of carbonyl (C=O) groups is 4. The van der Waals surface area contributed by atoms with Crippen molar-refractivity contribution in [1.82, 2.24) is 35.3 Å². The summed E-state index contributed by atoms with van der Waals surface area (Å²) in [6.45, 7) is 2.55. The molecule has 4 amide bonds. The standard InChI is InChI=1S/C42H43N9O5/c43-38-36-37(26-10-15-31(16-11-26)56-30-6-2-1-3-7-30)48-51(39(36)46-24-45-38)28-12-8-25(9-13-28)22-44-27-5-4-20-49(23-27)29-14-17-32-33(21-29)42(55)50(41(32)54)34-18-19-35(52)47-40(34)53/h1-3,6-7,10-11,14-17,21,24-25,27-28,34,44H,4-5,8-9,12-13,18-20,22-23H2,(H2,43,45,46)(H,47,52,53)/t25?,27-,28?,34?/m0/s1. The van der Waals surface area contributed by atoms with Gasteiger partial charge in [-0.3, -0.25) is 29.4 Å². The number of ether oxygens (including phenoxy) is 1. The maximum absolute atomic E-state index is 13.4. The molecule has 2 saturated heterocycles. The average molecular weight is 754 g/mol. The molecule has 1 unspecified atom stereocenters. The van der Waals surface area contributed by atoms with Crippen LogP contribution in [0.2, 0.25) is 0 Å². The van der Waals surface area contributed by atoms with E-state index in [1.165, 1.54) is 6.33 Å². The Bertz CT molecular complexity index is 2320. The van der Waals surface area contributed by atoms with E-state index in [0.717, 1.165) is 103 Å². The number of hydrogen-bond donors (Lipinski definition) is 3. The van der Waals surface area contributed by atoms with E-state index in [-0.39, 0.29) is 24.9 Å². The molecule has 3 fully saturated rings. The van der Waals surface area contributed by atoms with Gasteiger partial charge in [0, 0.05) is 36.8 Å². The van der Waals surface area contributed by atoms with Gasteiger partial charge in [-0.1, -0.05) is 18.2 Å². The van der Waals surface area contributed by atoms with E-state index in [1.54, 1.807) is 12.1 Å². The van der Waals surface area contributed by atoms with Gasteiger partial charge in [0.1, 0.15) is 35.4 Å². The van der Waals surface area contributed by atoms with E-state index in [2.05, 4.69) is 30.2 Å². The van der Waals surface area contributed by atoms with Crippen molar-refractivity contribution in [2.45, 2.75) is 69.5 Å². The van der Waals surface area contributed by atoms with E-state index >= 15 is 0 Å². The molecule has 9 rings (SSSR count). The molecule has 4 aliphatic rings. The van der Waals surface area contributed by atoms with Crippen molar-refractivity contribution in [3.63, 3.8) is 0 Å². The lowest BCUT2D eigenvalue weighted by Gasteiger charge is -2.36. The number of para-hydroxylation sites is 1.